The molecule has 1 aromatic carbocycles. The number of nitrogens with one attached hydrogen (secondary N) is 1. The van der Waals surface area contributed by atoms with Crippen molar-refractivity contribution in [3.05, 3.63) is 29.8 Å². The molecule has 0 aromatic heterocycles. The summed E-state index contributed by atoms with van der Waals surface area (Å²) in [7, 11) is -0.446. The normalized spacial score (nSPS) is 16.4. The molecule has 0 atom stereocenters. The van der Waals surface area contributed by atoms with Crippen LogP contribution in [0.1, 0.15) is 26.3 Å². The van der Waals surface area contributed by atoms with E-state index in [2.05, 4.69) is 26.1 Å². The maximum absolute atomic E-state index is 12.9. The molecule has 2 rings (SSSR count). The molecule has 162 valence electrons. The molecule has 1 N–H and O–H groups in total. The lowest BCUT2D eigenvalue weighted by atomic mass is 9.87. The van der Waals surface area contributed by atoms with Crippen molar-refractivity contribution in [2.45, 2.75) is 31.1 Å². The lowest BCUT2D eigenvalue weighted by molar-refractivity contribution is -0.135. The summed E-state index contributed by atoms with van der Waals surface area (Å²) in [4.78, 5) is 27.2. The fraction of sp³-hybridized carbons (Fsp3) is 0.600. The maximum atomic E-state index is 12.9. The van der Waals surface area contributed by atoms with Gasteiger partial charge < -0.3 is 10.2 Å². The van der Waals surface area contributed by atoms with E-state index in [-0.39, 0.29) is 30.3 Å². The number of sulfonamides is 1. The van der Waals surface area contributed by atoms with Gasteiger partial charge in [-0.15, -0.1) is 0 Å². The Hall–Kier alpha value is -1.97. The van der Waals surface area contributed by atoms with Crippen molar-refractivity contribution in [2.75, 3.05) is 53.4 Å². The molecule has 1 fully saturated rings. The first-order valence-electron chi connectivity index (χ1n) is 9.72. The van der Waals surface area contributed by atoms with Crippen molar-refractivity contribution in [1.29, 1.82) is 0 Å². The Labute approximate surface area is 173 Å². The van der Waals surface area contributed by atoms with E-state index >= 15 is 0 Å². The van der Waals surface area contributed by atoms with Crippen LogP contribution in [0, 0.1) is 0 Å². The largest absolute Gasteiger partial charge is 0.358 e. The van der Waals surface area contributed by atoms with Gasteiger partial charge in [0.15, 0.2) is 0 Å². The molecule has 0 spiro atoms. The van der Waals surface area contributed by atoms with E-state index in [0.29, 0.717) is 31.1 Å². The second kappa shape index (κ2) is 9.23. The van der Waals surface area contributed by atoms with Crippen LogP contribution in [0.25, 0.3) is 0 Å². The van der Waals surface area contributed by atoms with Gasteiger partial charge in [-0.3, -0.25) is 14.5 Å². The van der Waals surface area contributed by atoms with E-state index < -0.39 is 10.0 Å². The van der Waals surface area contributed by atoms with Crippen LogP contribution in [0.15, 0.2) is 29.2 Å². The van der Waals surface area contributed by atoms with Crippen LogP contribution in [-0.2, 0) is 25.0 Å². The van der Waals surface area contributed by atoms with Crippen LogP contribution in [0.4, 0.5) is 0 Å². The summed E-state index contributed by atoms with van der Waals surface area (Å²) in [5.41, 5.74) is 1.05. The summed E-state index contributed by atoms with van der Waals surface area (Å²) in [5, 5.41) is 2.48. The molecule has 1 heterocycles. The van der Waals surface area contributed by atoms with Crippen molar-refractivity contribution in [3.8, 4) is 0 Å². The Morgan fingerprint density at radius 3 is 2.10 bits per heavy atom. The van der Waals surface area contributed by atoms with E-state index in [1.54, 1.807) is 19.2 Å². The van der Waals surface area contributed by atoms with Crippen molar-refractivity contribution in [2.24, 2.45) is 0 Å². The van der Waals surface area contributed by atoms with Crippen LogP contribution >= 0.6 is 0 Å². The fourth-order valence-electron chi connectivity index (χ4n) is 3.10. The number of carbonyl (C=O) groups is 2. The number of benzene rings is 1. The monoisotopic (exact) mass is 424 g/mol. The summed E-state index contributed by atoms with van der Waals surface area (Å²) >= 11 is 0. The predicted octanol–water partition coefficient (Wildman–Crippen LogP) is 0.495. The van der Waals surface area contributed by atoms with Gasteiger partial charge in [-0.2, -0.15) is 4.31 Å². The third-order valence-electron chi connectivity index (χ3n) is 5.13. The van der Waals surface area contributed by atoms with Gasteiger partial charge in [-0.1, -0.05) is 32.9 Å². The zero-order valence-corrected chi connectivity index (χ0v) is 18.8. The highest BCUT2D eigenvalue weighted by atomic mass is 32.2. The molecule has 29 heavy (non-hydrogen) atoms. The van der Waals surface area contributed by atoms with Gasteiger partial charge >= 0.3 is 0 Å². The average Bonchev–Trinajstić information content (AvgIpc) is 2.67. The number of piperazine rings is 1. The highest BCUT2D eigenvalue weighted by molar-refractivity contribution is 7.89. The predicted molar refractivity (Wildman–Crippen MR) is 112 cm³/mol. The zero-order valence-electron chi connectivity index (χ0n) is 17.9. The van der Waals surface area contributed by atoms with Crippen LogP contribution in [0.2, 0.25) is 0 Å². The Morgan fingerprint density at radius 1 is 1.07 bits per heavy atom. The SMILES string of the molecule is CNC(=O)CN(C)C(=O)CN1CCN(S(=O)(=O)c2ccc(C(C)(C)C)cc2)CC1. The van der Waals surface area contributed by atoms with Crippen LogP contribution < -0.4 is 5.32 Å². The minimum atomic E-state index is -3.55. The number of hydrogen-bond acceptors (Lipinski definition) is 5. The second-order valence-corrected chi connectivity index (χ2v) is 10.3. The van der Waals surface area contributed by atoms with E-state index in [1.165, 1.54) is 16.3 Å². The van der Waals surface area contributed by atoms with Gasteiger partial charge in [0.25, 0.3) is 0 Å². The van der Waals surface area contributed by atoms with Crippen molar-refractivity contribution in [1.82, 2.24) is 19.4 Å². The highest BCUT2D eigenvalue weighted by Gasteiger charge is 2.30. The van der Waals surface area contributed by atoms with E-state index in [1.807, 2.05) is 17.0 Å². The lowest BCUT2D eigenvalue weighted by Gasteiger charge is -2.34. The molecule has 1 aliphatic rings. The molecule has 1 aromatic rings. The van der Waals surface area contributed by atoms with Crippen LogP contribution in [0.5, 0.6) is 0 Å². The van der Waals surface area contributed by atoms with Gasteiger partial charge in [-0.05, 0) is 23.1 Å². The molecule has 0 bridgehead atoms. The minimum Gasteiger partial charge on any atom is -0.358 e. The summed E-state index contributed by atoms with van der Waals surface area (Å²) in [5.74, 6) is -0.392. The van der Waals surface area contributed by atoms with Crippen LogP contribution in [0.3, 0.4) is 0 Å². The molecule has 1 aliphatic heterocycles. The Morgan fingerprint density at radius 2 is 1.62 bits per heavy atom. The molecular weight excluding hydrogens is 392 g/mol. The highest BCUT2D eigenvalue weighted by Crippen LogP contribution is 2.25. The van der Waals surface area contributed by atoms with Crippen molar-refractivity contribution < 1.29 is 18.0 Å². The smallest absolute Gasteiger partial charge is 0.243 e. The summed E-state index contributed by atoms with van der Waals surface area (Å²) in [6.45, 7) is 8.04. The maximum Gasteiger partial charge on any atom is 0.243 e. The van der Waals surface area contributed by atoms with Gasteiger partial charge in [0, 0.05) is 40.3 Å². The Bertz CT molecular complexity index is 823. The molecule has 8 nitrogen and oxygen atoms in total. The van der Waals surface area contributed by atoms with Crippen LogP contribution in [-0.4, -0.2) is 87.7 Å². The Balaban J connectivity index is 1.94. The first-order valence-corrected chi connectivity index (χ1v) is 11.2. The topological polar surface area (TPSA) is 90.0 Å². The number of likely N-dealkylation sites (N-methyl/N-ethyl adjacent to an activating group) is 2. The number of nitrogens with zero attached hydrogens (tertiary/aromatic N) is 3. The van der Waals surface area contributed by atoms with Crippen molar-refractivity contribution >= 4 is 21.8 Å². The summed E-state index contributed by atoms with van der Waals surface area (Å²) < 4.78 is 27.3. The molecule has 0 unspecified atom stereocenters. The van der Waals surface area contributed by atoms with E-state index in [4.69, 9.17) is 0 Å². The molecule has 0 aliphatic carbocycles. The molecule has 0 radical (unpaired) electrons. The molecular formula is C20H32N4O4S. The third kappa shape index (κ3) is 6.01. The number of hydrogen-bond donors (Lipinski definition) is 1. The first kappa shape index (κ1) is 23.3. The molecule has 0 saturated carbocycles. The fourth-order valence-corrected chi connectivity index (χ4v) is 4.52. The Kier molecular flexibility index (Phi) is 7.42. The zero-order chi connectivity index (χ0) is 21.8. The van der Waals surface area contributed by atoms with E-state index in [0.717, 1.165) is 5.56 Å². The number of rotatable bonds is 6. The molecule has 2 amide bonds. The molecule has 1 saturated heterocycles. The lowest BCUT2D eigenvalue weighted by Crippen LogP contribution is -2.51. The molecule has 9 heteroatoms. The van der Waals surface area contributed by atoms with Gasteiger partial charge in [-0.25, -0.2) is 8.42 Å². The average molecular weight is 425 g/mol. The quantitative estimate of drug-likeness (QED) is 0.718. The van der Waals surface area contributed by atoms with Gasteiger partial charge in [0.2, 0.25) is 21.8 Å². The second-order valence-electron chi connectivity index (χ2n) is 8.38. The minimum absolute atomic E-state index is 0.00817. The summed E-state index contributed by atoms with van der Waals surface area (Å²) in [6, 6.07) is 7.06. The number of carbonyl (C=O) groups excluding carboxylic acids is 2. The van der Waals surface area contributed by atoms with Gasteiger partial charge in [0.05, 0.1) is 18.0 Å². The first-order chi connectivity index (χ1) is 13.4. The van der Waals surface area contributed by atoms with Gasteiger partial charge in [0.1, 0.15) is 0 Å². The summed E-state index contributed by atoms with van der Waals surface area (Å²) in [6.07, 6.45) is 0. The van der Waals surface area contributed by atoms with E-state index in [9.17, 15) is 18.0 Å². The standard InChI is InChI=1S/C20H32N4O4S/c1-20(2,3)16-6-8-17(9-7-16)29(27,28)24-12-10-23(11-13-24)15-19(26)22(5)14-18(25)21-4/h6-9H,10-15H2,1-5H3,(H,21,25). The third-order valence-corrected chi connectivity index (χ3v) is 7.05. The van der Waals surface area contributed by atoms with Crippen molar-refractivity contribution in [3.63, 3.8) is 0 Å². The number of amides is 2.